The Balaban J connectivity index is 1.64. The highest BCUT2D eigenvalue weighted by molar-refractivity contribution is 5.40. The van der Waals surface area contributed by atoms with Crippen molar-refractivity contribution in [2.45, 2.75) is 11.7 Å². The van der Waals surface area contributed by atoms with Gasteiger partial charge in [-0.05, 0) is 0 Å². The van der Waals surface area contributed by atoms with Crippen LogP contribution in [0.2, 0.25) is 0 Å². The number of anilines is 1. The minimum Gasteiger partial charge on any atom is -0.481 e. The van der Waals surface area contributed by atoms with E-state index >= 15 is 0 Å². The summed E-state index contributed by atoms with van der Waals surface area (Å²) in [6.07, 6.45) is 0.0988. The standard InChI is InChI=1S/C15H22N4O4/c1-21-12-3-13(22-2)18-14(17-12)19-5-10-9(6-20)11-4-16-7-15(10,8-19)23-11/h3,9-11,16,20H,4-8H2,1-2H3/t9-,10+,11+,15+/m0/s1. The van der Waals surface area contributed by atoms with Gasteiger partial charge in [-0.1, -0.05) is 0 Å². The maximum Gasteiger partial charge on any atom is 0.232 e. The van der Waals surface area contributed by atoms with Gasteiger partial charge in [0.2, 0.25) is 17.7 Å². The SMILES string of the molecule is COc1cc(OC)nc(N2C[C@@H]3[C@H](CO)[C@H]4CNC[C@]3(C2)O4)n1. The average molecular weight is 322 g/mol. The van der Waals surface area contributed by atoms with Crippen LogP contribution in [-0.2, 0) is 4.74 Å². The fraction of sp³-hybridized carbons (Fsp3) is 0.733. The average Bonchev–Trinajstić information content (AvgIpc) is 3.02. The molecule has 0 unspecified atom stereocenters. The van der Waals surface area contributed by atoms with Gasteiger partial charge in [-0.25, -0.2) is 0 Å². The summed E-state index contributed by atoms with van der Waals surface area (Å²) in [7, 11) is 3.15. The molecule has 3 aliphatic heterocycles. The molecular weight excluding hydrogens is 300 g/mol. The maximum absolute atomic E-state index is 9.78. The lowest BCUT2D eigenvalue weighted by Crippen LogP contribution is -2.52. The van der Waals surface area contributed by atoms with Crippen molar-refractivity contribution in [1.29, 1.82) is 0 Å². The molecule has 0 radical (unpaired) electrons. The second kappa shape index (κ2) is 5.47. The molecule has 8 heteroatoms. The highest BCUT2D eigenvalue weighted by Gasteiger charge is 2.61. The third-order valence-corrected chi connectivity index (χ3v) is 5.28. The second-order valence-corrected chi connectivity index (χ2v) is 6.44. The fourth-order valence-corrected chi connectivity index (χ4v) is 4.19. The van der Waals surface area contributed by atoms with Crippen LogP contribution in [0, 0.1) is 11.8 Å². The summed E-state index contributed by atoms with van der Waals surface area (Å²) in [4.78, 5) is 11.0. The van der Waals surface area contributed by atoms with Gasteiger partial charge in [0.25, 0.3) is 0 Å². The van der Waals surface area contributed by atoms with E-state index in [0.717, 1.165) is 19.6 Å². The first-order chi connectivity index (χ1) is 11.2. The lowest BCUT2D eigenvalue weighted by Gasteiger charge is -2.33. The number of aliphatic hydroxyl groups excluding tert-OH is 1. The van der Waals surface area contributed by atoms with Crippen molar-refractivity contribution >= 4 is 5.95 Å². The van der Waals surface area contributed by atoms with E-state index in [0.29, 0.717) is 24.3 Å². The summed E-state index contributed by atoms with van der Waals surface area (Å²) in [6, 6.07) is 1.66. The third-order valence-electron chi connectivity index (χ3n) is 5.28. The lowest BCUT2D eigenvalue weighted by molar-refractivity contribution is -0.0654. The highest BCUT2D eigenvalue weighted by Crippen LogP contribution is 2.47. The topological polar surface area (TPSA) is 89.0 Å². The van der Waals surface area contributed by atoms with Crippen molar-refractivity contribution in [1.82, 2.24) is 15.3 Å². The Morgan fingerprint density at radius 3 is 2.78 bits per heavy atom. The molecule has 126 valence electrons. The van der Waals surface area contributed by atoms with Gasteiger partial charge in [0.05, 0.1) is 32.9 Å². The second-order valence-electron chi connectivity index (χ2n) is 6.44. The van der Waals surface area contributed by atoms with Crippen LogP contribution in [0.3, 0.4) is 0 Å². The molecule has 8 nitrogen and oxygen atoms in total. The molecule has 1 spiro atoms. The molecule has 1 aromatic heterocycles. The number of aromatic nitrogens is 2. The predicted molar refractivity (Wildman–Crippen MR) is 81.9 cm³/mol. The zero-order valence-corrected chi connectivity index (χ0v) is 13.4. The number of fused-ring (bicyclic) bond motifs is 1. The molecule has 4 rings (SSSR count). The molecule has 0 aromatic carbocycles. The third kappa shape index (κ3) is 2.24. The molecule has 23 heavy (non-hydrogen) atoms. The Bertz CT molecular complexity index is 579. The molecule has 0 amide bonds. The molecule has 3 fully saturated rings. The van der Waals surface area contributed by atoms with Crippen molar-refractivity contribution < 1.29 is 19.3 Å². The zero-order chi connectivity index (χ0) is 16.0. The van der Waals surface area contributed by atoms with Crippen molar-refractivity contribution in [3.8, 4) is 11.8 Å². The van der Waals surface area contributed by atoms with E-state index in [-0.39, 0.29) is 30.1 Å². The molecule has 3 saturated heterocycles. The van der Waals surface area contributed by atoms with Gasteiger partial charge in [0.1, 0.15) is 5.60 Å². The lowest BCUT2D eigenvalue weighted by atomic mass is 9.83. The molecule has 2 bridgehead atoms. The molecule has 1 aromatic rings. The summed E-state index contributed by atoms with van der Waals surface area (Å²) >= 11 is 0. The summed E-state index contributed by atoms with van der Waals surface area (Å²) in [5.41, 5.74) is -0.268. The van der Waals surface area contributed by atoms with Crippen LogP contribution in [0.25, 0.3) is 0 Å². The zero-order valence-electron chi connectivity index (χ0n) is 13.4. The van der Waals surface area contributed by atoms with E-state index in [2.05, 4.69) is 20.2 Å². The first-order valence-electron chi connectivity index (χ1n) is 7.90. The van der Waals surface area contributed by atoms with E-state index in [1.165, 1.54) is 0 Å². The molecule has 2 N–H and O–H groups in total. The Hall–Kier alpha value is -1.64. The van der Waals surface area contributed by atoms with Gasteiger partial charge < -0.3 is 29.5 Å². The Labute approximate surface area is 134 Å². The highest BCUT2D eigenvalue weighted by atomic mass is 16.5. The first kappa shape index (κ1) is 14.9. The van der Waals surface area contributed by atoms with Crippen LogP contribution in [0.4, 0.5) is 5.95 Å². The maximum atomic E-state index is 9.78. The van der Waals surface area contributed by atoms with Crippen LogP contribution in [0.5, 0.6) is 11.8 Å². The Kier molecular flexibility index (Phi) is 3.55. The Morgan fingerprint density at radius 1 is 1.39 bits per heavy atom. The van der Waals surface area contributed by atoms with Gasteiger partial charge in [0.15, 0.2) is 0 Å². The summed E-state index contributed by atoms with van der Waals surface area (Å²) < 4.78 is 16.8. The molecular formula is C15H22N4O4. The summed E-state index contributed by atoms with van der Waals surface area (Å²) in [6.45, 7) is 3.22. The van der Waals surface area contributed by atoms with Crippen molar-refractivity contribution in [2.24, 2.45) is 11.8 Å². The number of nitrogens with one attached hydrogen (secondary N) is 1. The van der Waals surface area contributed by atoms with Crippen molar-refractivity contribution in [3.63, 3.8) is 0 Å². The molecule has 4 atom stereocenters. The molecule has 0 aliphatic carbocycles. The number of nitrogens with zero attached hydrogens (tertiary/aromatic N) is 3. The van der Waals surface area contributed by atoms with Crippen molar-refractivity contribution in [2.75, 3.05) is 51.9 Å². The summed E-state index contributed by atoms with van der Waals surface area (Å²) in [5, 5.41) is 13.2. The Morgan fingerprint density at radius 2 is 2.13 bits per heavy atom. The van der Waals surface area contributed by atoms with E-state index < -0.39 is 0 Å². The number of rotatable bonds is 4. The van der Waals surface area contributed by atoms with Gasteiger partial charge in [0, 0.05) is 38.1 Å². The minimum absolute atomic E-state index is 0.0988. The number of methoxy groups -OCH3 is 2. The van der Waals surface area contributed by atoms with E-state index in [4.69, 9.17) is 14.2 Å². The van der Waals surface area contributed by atoms with Crippen LogP contribution in [-0.4, -0.2) is 73.8 Å². The van der Waals surface area contributed by atoms with Crippen LogP contribution in [0.15, 0.2) is 6.07 Å². The normalized spacial score (nSPS) is 35.3. The minimum atomic E-state index is -0.268. The van der Waals surface area contributed by atoms with E-state index in [1.807, 2.05) is 0 Å². The number of aliphatic hydroxyl groups is 1. The van der Waals surface area contributed by atoms with Crippen LogP contribution < -0.4 is 19.7 Å². The first-order valence-corrected chi connectivity index (χ1v) is 7.90. The smallest absolute Gasteiger partial charge is 0.232 e. The van der Waals surface area contributed by atoms with E-state index in [1.54, 1.807) is 20.3 Å². The number of hydrogen-bond donors (Lipinski definition) is 2. The number of hydrogen-bond acceptors (Lipinski definition) is 8. The molecule has 4 heterocycles. The van der Waals surface area contributed by atoms with Gasteiger partial charge in [-0.2, -0.15) is 9.97 Å². The van der Waals surface area contributed by atoms with Crippen molar-refractivity contribution in [3.05, 3.63) is 6.07 Å². The van der Waals surface area contributed by atoms with E-state index in [9.17, 15) is 5.11 Å². The number of morpholine rings is 1. The van der Waals surface area contributed by atoms with Crippen LogP contribution in [0.1, 0.15) is 0 Å². The molecule has 0 saturated carbocycles. The van der Waals surface area contributed by atoms with Gasteiger partial charge in [-0.3, -0.25) is 0 Å². The monoisotopic (exact) mass is 322 g/mol. The quantitative estimate of drug-likeness (QED) is 0.751. The van der Waals surface area contributed by atoms with Gasteiger partial charge in [-0.15, -0.1) is 0 Å². The molecule has 3 aliphatic rings. The van der Waals surface area contributed by atoms with Gasteiger partial charge >= 0.3 is 0 Å². The predicted octanol–water partition coefficient (Wildman–Crippen LogP) is -0.721. The fourth-order valence-electron chi connectivity index (χ4n) is 4.19. The number of ether oxygens (including phenoxy) is 3. The van der Waals surface area contributed by atoms with Crippen LogP contribution >= 0.6 is 0 Å². The largest absolute Gasteiger partial charge is 0.481 e. The summed E-state index contributed by atoms with van der Waals surface area (Å²) in [5.74, 6) is 1.95.